The second kappa shape index (κ2) is 3.91. The first-order valence-corrected chi connectivity index (χ1v) is 4.74. The van der Waals surface area contributed by atoms with Crippen LogP contribution in [-0.4, -0.2) is 0 Å². The fourth-order valence-electron chi connectivity index (χ4n) is 1.59. The van der Waals surface area contributed by atoms with Crippen molar-refractivity contribution in [1.82, 2.24) is 0 Å². The van der Waals surface area contributed by atoms with Crippen LogP contribution in [0.5, 0.6) is 0 Å². The van der Waals surface area contributed by atoms with Crippen LogP contribution >= 0.6 is 0 Å². The Morgan fingerprint density at radius 1 is 1.15 bits per heavy atom. The zero-order chi connectivity index (χ0) is 10.0. The van der Waals surface area contributed by atoms with Gasteiger partial charge in [0.2, 0.25) is 0 Å². The van der Waals surface area contributed by atoms with Gasteiger partial charge in [0.05, 0.1) is 0 Å². The number of rotatable bonds is 2. The van der Waals surface area contributed by atoms with Gasteiger partial charge in [-0.2, -0.15) is 0 Å². The maximum atomic E-state index is 13.4. The Balaban J connectivity index is 3.26. The normalized spacial score (nSPS) is 11.3. The number of hydrogen-bond donors (Lipinski definition) is 0. The molecule has 1 aromatic rings. The second-order valence-corrected chi connectivity index (χ2v) is 3.97. The zero-order valence-corrected chi connectivity index (χ0v) is 8.69. The molecule has 0 unspecified atom stereocenters. The van der Waals surface area contributed by atoms with E-state index in [4.69, 9.17) is 0 Å². The summed E-state index contributed by atoms with van der Waals surface area (Å²) in [7, 11) is 0. The van der Waals surface area contributed by atoms with E-state index in [2.05, 4.69) is 19.9 Å². The van der Waals surface area contributed by atoms with Crippen molar-refractivity contribution in [2.75, 3.05) is 0 Å². The Hall–Kier alpha value is -0.850. The highest BCUT2D eigenvalue weighted by molar-refractivity contribution is 5.32. The van der Waals surface area contributed by atoms with Crippen LogP contribution in [0, 0.1) is 11.9 Å². The Kier molecular flexibility index (Phi) is 3.07. The SMILES string of the molecule is CC(C)c1cc[c]c(F)c1C(C)C. The number of hydrogen-bond acceptors (Lipinski definition) is 0. The lowest BCUT2D eigenvalue weighted by Gasteiger charge is -2.15. The summed E-state index contributed by atoms with van der Waals surface area (Å²) in [6, 6.07) is 6.23. The third-order valence-electron chi connectivity index (χ3n) is 2.22. The quantitative estimate of drug-likeness (QED) is 0.646. The average Bonchev–Trinajstić information content (AvgIpc) is 2.02. The first-order valence-electron chi connectivity index (χ1n) is 4.74. The van der Waals surface area contributed by atoms with Gasteiger partial charge in [0, 0.05) is 6.07 Å². The molecule has 0 N–H and O–H groups in total. The lowest BCUT2D eigenvalue weighted by Crippen LogP contribution is -2.01. The molecule has 1 rings (SSSR count). The van der Waals surface area contributed by atoms with Crippen LogP contribution in [0.2, 0.25) is 0 Å². The summed E-state index contributed by atoms with van der Waals surface area (Å²) >= 11 is 0. The minimum atomic E-state index is -0.193. The fourth-order valence-corrected chi connectivity index (χ4v) is 1.59. The molecule has 1 radical (unpaired) electrons. The van der Waals surface area contributed by atoms with E-state index in [-0.39, 0.29) is 11.7 Å². The Labute approximate surface area is 79.8 Å². The van der Waals surface area contributed by atoms with Crippen molar-refractivity contribution < 1.29 is 4.39 Å². The van der Waals surface area contributed by atoms with Crippen LogP contribution in [0.1, 0.15) is 50.7 Å². The molecule has 1 aromatic carbocycles. The summed E-state index contributed by atoms with van der Waals surface area (Å²) in [4.78, 5) is 0. The molecule has 0 nitrogen and oxygen atoms in total. The van der Waals surface area contributed by atoms with Crippen LogP contribution < -0.4 is 0 Å². The van der Waals surface area contributed by atoms with Crippen molar-refractivity contribution >= 4 is 0 Å². The highest BCUT2D eigenvalue weighted by atomic mass is 19.1. The van der Waals surface area contributed by atoms with Gasteiger partial charge in [-0.05, 0) is 23.0 Å². The van der Waals surface area contributed by atoms with Gasteiger partial charge in [-0.25, -0.2) is 4.39 Å². The number of benzene rings is 1. The van der Waals surface area contributed by atoms with Gasteiger partial charge in [0.25, 0.3) is 0 Å². The summed E-state index contributed by atoms with van der Waals surface area (Å²) in [5, 5.41) is 0. The molecule has 71 valence electrons. The van der Waals surface area contributed by atoms with E-state index in [1.54, 1.807) is 6.07 Å². The maximum absolute atomic E-state index is 13.4. The minimum Gasteiger partial charge on any atom is -0.206 e. The van der Waals surface area contributed by atoms with E-state index in [0.29, 0.717) is 5.92 Å². The van der Waals surface area contributed by atoms with Gasteiger partial charge < -0.3 is 0 Å². The molecule has 0 spiro atoms. The van der Waals surface area contributed by atoms with Gasteiger partial charge in [-0.15, -0.1) is 0 Å². The molecule has 0 saturated carbocycles. The second-order valence-electron chi connectivity index (χ2n) is 3.97. The topological polar surface area (TPSA) is 0 Å². The van der Waals surface area contributed by atoms with E-state index in [9.17, 15) is 4.39 Å². The highest BCUT2D eigenvalue weighted by Gasteiger charge is 2.13. The first-order chi connectivity index (χ1) is 6.04. The summed E-state index contributed by atoms with van der Waals surface area (Å²) in [5.41, 5.74) is 1.92. The molecule has 0 fully saturated rings. The third-order valence-corrected chi connectivity index (χ3v) is 2.22. The van der Waals surface area contributed by atoms with Gasteiger partial charge in [0.1, 0.15) is 5.82 Å². The molecular formula is C12H16F. The standard InChI is InChI=1S/C12H16F/c1-8(2)10-6-5-7-11(13)12(10)9(3)4/h5-6,8-9H,1-4H3. The summed E-state index contributed by atoms with van der Waals surface area (Å²) in [6.07, 6.45) is 0. The molecule has 0 aromatic heterocycles. The summed E-state index contributed by atoms with van der Waals surface area (Å²) < 4.78 is 13.4. The molecule has 0 amide bonds. The van der Waals surface area contributed by atoms with Crippen molar-refractivity contribution in [1.29, 1.82) is 0 Å². The van der Waals surface area contributed by atoms with Gasteiger partial charge in [0.15, 0.2) is 0 Å². The van der Waals surface area contributed by atoms with Crippen LogP contribution in [-0.2, 0) is 0 Å². The molecule has 0 aliphatic heterocycles. The van der Waals surface area contributed by atoms with Crippen molar-refractivity contribution in [2.24, 2.45) is 0 Å². The largest absolute Gasteiger partial charge is 0.206 e. The molecule has 0 atom stereocenters. The van der Waals surface area contributed by atoms with Crippen LogP contribution in [0.3, 0.4) is 0 Å². The Morgan fingerprint density at radius 3 is 2.15 bits per heavy atom. The molecule has 1 heteroatoms. The summed E-state index contributed by atoms with van der Waals surface area (Å²) in [6.45, 7) is 8.19. The van der Waals surface area contributed by atoms with Crippen LogP contribution in [0.15, 0.2) is 12.1 Å². The monoisotopic (exact) mass is 179 g/mol. The van der Waals surface area contributed by atoms with Crippen molar-refractivity contribution in [2.45, 2.75) is 39.5 Å². The van der Waals surface area contributed by atoms with Gasteiger partial charge in [-0.3, -0.25) is 0 Å². The Bertz CT molecular complexity index is 287. The number of halogens is 1. The third kappa shape index (κ3) is 2.09. The molecule has 13 heavy (non-hydrogen) atoms. The molecule has 0 heterocycles. The summed E-state index contributed by atoms with van der Waals surface area (Å²) in [5.74, 6) is 0.414. The molecule has 0 bridgehead atoms. The molecule has 0 aliphatic carbocycles. The predicted octanol–water partition coefficient (Wildman–Crippen LogP) is 3.87. The van der Waals surface area contributed by atoms with E-state index in [1.165, 1.54) is 0 Å². The Morgan fingerprint density at radius 2 is 1.77 bits per heavy atom. The van der Waals surface area contributed by atoms with E-state index in [1.807, 2.05) is 19.9 Å². The molecule has 0 aliphatic rings. The van der Waals surface area contributed by atoms with E-state index < -0.39 is 0 Å². The van der Waals surface area contributed by atoms with Crippen LogP contribution in [0.25, 0.3) is 0 Å². The zero-order valence-electron chi connectivity index (χ0n) is 8.69. The van der Waals surface area contributed by atoms with E-state index in [0.717, 1.165) is 11.1 Å². The van der Waals surface area contributed by atoms with Crippen molar-refractivity contribution in [3.63, 3.8) is 0 Å². The average molecular weight is 179 g/mol. The fraction of sp³-hybridized carbons (Fsp3) is 0.500. The highest BCUT2D eigenvalue weighted by Crippen LogP contribution is 2.27. The molecule has 0 saturated heterocycles. The lowest BCUT2D eigenvalue weighted by molar-refractivity contribution is 0.587. The molecular weight excluding hydrogens is 163 g/mol. The van der Waals surface area contributed by atoms with Crippen molar-refractivity contribution in [3.8, 4) is 0 Å². The lowest BCUT2D eigenvalue weighted by atomic mass is 9.90. The smallest absolute Gasteiger partial charge is 0.134 e. The van der Waals surface area contributed by atoms with Gasteiger partial charge in [-0.1, -0.05) is 39.8 Å². The van der Waals surface area contributed by atoms with Gasteiger partial charge >= 0.3 is 0 Å². The first kappa shape index (κ1) is 10.2. The maximum Gasteiger partial charge on any atom is 0.134 e. The minimum absolute atomic E-state index is 0.193. The van der Waals surface area contributed by atoms with Crippen molar-refractivity contribution in [3.05, 3.63) is 35.1 Å². The predicted molar refractivity (Wildman–Crippen MR) is 53.4 cm³/mol. The van der Waals surface area contributed by atoms with Crippen LogP contribution in [0.4, 0.5) is 4.39 Å². The van der Waals surface area contributed by atoms with E-state index >= 15 is 0 Å².